The van der Waals surface area contributed by atoms with E-state index in [1.54, 1.807) is 11.5 Å². The van der Waals surface area contributed by atoms with E-state index in [2.05, 4.69) is 82.1 Å². The summed E-state index contributed by atoms with van der Waals surface area (Å²) in [5.74, 6) is 1.04. The van der Waals surface area contributed by atoms with Crippen LogP contribution in [0.5, 0.6) is 0 Å². The van der Waals surface area contributed by atoms with E-state index in [9.17, 15) is 0 Å². The van der Waals surface area contributed by atoms with Crippen molar-refractivity contribution in [1.82, 2.24) is 14.3 Å². The molecule has 0 amide bonds. The van der Waals surface area contributed by atoms with Gasteiger partial charge in [-0.1, -0.05) is 58.9 Å². The van der Waals surface area contributed by atoms with Crippen molar-refractivity contribution < 1.29 is 0 Å². The highest BCUT2D eigenvalue weighted by Crippen LogP contribution is 2.35. The summed E-state index contributed by atoms with van der Waals surface area (Å²) in [6.07, 6.45) is 0.939. The number of rotatable bonds is 3. The molecule has 0 aliphatic rings. The van der Waals surface area contributed by atoms with Gasteiger partial charge in [0.25, 0.3) is 0 Å². The Labute approximate surface area is 158 Å². The van der Waals surface area contributed by atoms with Crippen LogP contribution in [-0.2, 0) is 17.3 Å². The van der Waals surface area contributed by atoms with E-state index in [4.69, 9.17) is 9.36 Å². The summed E-state index contributed by atoms with van der Waals surface area (Å²) in [7, 11) is 0. The van der Waals surface area contributed by atoms with Gasteiger partial charge in [-0.15, -0.1) is 0 Å². The first-order valence-corrected chi connectivity index (χ1v) is 9.85. The minimum absolute atomic E-state index is 0.0258. The molecule has 3 nitrogen and oxygen atoms in total. The van der Waals surface area contributed by atoms with Gasteiger partial charge in [-0.25, -0.2) is 4.98 Å². The van der Waals surface area contributed by atoms with Gasteiger partial charge in [-0.2, -0.15) is 4.37 Å². The first-order chi connectivity index (χ1) is 12.2. The molecule has 0 atom stereocenters. The molecule has 0 radical (unpaired) electrons. The summed E-state index contributed by atoms with van der Waals surface area (Å²) in [4.78, 5) is 8.27. The van der Waals surface area contributed by atoms with Gasteiger partial charge < -0.3 is 4.98 Å². The lowest BCUT2D eigenvalue weighted by atomic mass is 9.81. The van der Waals surface area contributed by atoms with E-state index >= 15 is 0 Å². The number of nitrogens with one attached hydrogen (secondary N) is 1. The van der Waals surface area contributed by atoms with E-state index in [0.717, 1.165) is 23.3 Å². The van der Waals surface area contributed by atoms with E-state index < -0.39 is 0 Å². The average molecular weight is 364 g/mol. The molecule has 26 heavy (non-hydrogen) atoms. The van der Waals surface area contributed by atoms with Gasteiger partial charge in [0.15, 0.2) is 0 Å². The fraction of sp³-hybridized carbons (Fsp3) is 0.364. The molecule has 134 valence electrons. The molecule has 4 heteroatoms. The number of nitrogens with zero attached hydrogens (tertiary/aromatic N) is 2. The molecule has 4 aromatic rings. The van der Waals surface area contributed by atoms with Crippen LogP contribution in [0.1, 0.15) is 51.7 Å². The molecule has 0 saturated carbocycles. The molecule has 0 unspecified atom stereocenters. The number of hydrogen-bond donors (Lipinski definition) is 1. The van der Waals surface area contributed by atoms with Crippen molar-refractivity contribution in [2.45, 2.75) is 51.9 Å². The normalized spacial score (nSPS) is 13.0. The third kappa shape index (κ3) is 3.03. The Hall–Kier alpha value is -2.20. The minimum atomic E-state index is -0.0313. The van der Waals surface area contributed by atoms with Crippen LogP contribution >= 0.6 is 11.5 Å². The number of aromatic amines is 1. The fourth-order valence-electron chi connectivity index (χ4n) is 3.48. The van der Waals surface area contributed by atoms with Crippen molar-refractivity contribution in [3.63, 3.8) is 0 Å². The van der Waals surface area contributed by atoms with Crippen molar-refractivity contribution >= 4 is 32.7 Å². The maximum Gasteiger partial charge on any atom is 0.112 e. The van der Waals surface area contributed by atoms with Crippen LogP contribution < -0.4 is 0 Å². The van der Waals surface area contributed by atoms with E-state index in [1.807, 2.05) is 0 Å². The minimum Gasteiger partial charge on any atom is -0.342 e. The Balaban J connectivity index is 1.69. The molecule has 0 aliphatic heterocycles. The Kier molecular flexibility index (Phi) is 3.92. The van der Waals surface area contributed by atoms with Crippen molar-refractivity contribution in [2.24, 2.45) is 0 Å². The van der Waals surface area contributed by atoms with Gasteiger partial charge in [0.2, 0.25) is 0 Å². The van der Waals surface area contributed by atoms with E-state index in [0.29, 0.717) is 0 Å². The Morgan fingerprint density at radius 1 is 1.00 bits per heavy atom. The zero-order chi connectivity index (χ0) is 18.5. The van der Waals surface area contributed by atoms with Crippen LogP contribution in [-0.4, -0.2) is 14.3 Å². The van der Waals surface area contributed by atoms with Crippen molar-refractivity contribution in [1.29, 1.82) is 0 Å². The maximum absolute atomic E-state index is 4.82. The number of hydrogen-bond acceptors (Lipinski definition) is 3. The summed E-state index contributed by atoms with van der Waals surface area (Å²) in [5.41, 5.74) is 4.64. The van der Waals surface area contributed by atoms with E-state index in [-0.39, 0.29) is 10.8 Å². The van der Waals surface area contributed by atoms with Crippen molar-refractivity contribution in [2.75, 3.05) is 0 Å². The summed E-state index contributed by atoms with van der Waals surface area (Å²) < 4.78 is 6.04. The monoisotopic (exact) mass is 363 g/mol. The predicted molar refractivity (Wildman–Crippen MR) is 111 cm³/mol. The SMILES string of the molecule is CC(C)(C)c1nc2cc(CC(C)(C)c3nsc4ccccc34)ccc2[nH]1. The smallest absolute Gasteiger partial charge is 0.112 e. The zero-order valence-corrected chi connectivity index (χ0v) is 16.9. The molecule has 0 fully saturated rings. The zero-order valence-electron chi connectivity index (χ0n) is 16.1. The highest BCUT2D eigenvalue weighted by atomic mass is 32.1. The highest BCUT2D eigenvalue weighted by molar-refractivity contribution is 7.13. The lowest BCUT2D eigenvalue weighted by Gasteiger charge is -2.23. The molecule has 4 rings (SSSR count). The van der Waals surface area contributed by atoms with Gasteiger partial charge in [-0.3, -0.25) is 0 Å². The summed E-state index contributed by atoms with van der Waals surface area (Å²) in [5, 5.41) is 1.28. The van der Waals surface area contributed by atoms with Gasteiger partial charge in [0.1, 0.15) is 5.82 Å². The maximum atomic E-state index is 4.82. The largest absolute Gasteiger partial charge is 0.342 e. The molecule has 2 aromatic carbocycles. The van der Waals surface area contributed by atoms with Crippen LogP contribution in [0.3, 0.4) is 0 Å². The van der Waals surface area contributed by atoms with Gasteiger partial charge in [-0.05, 0) is 41.7 Å². The molecule has 2 heterocycles. The molecular weight excluding hydrogens is 338 g/mol. The second-order valence-electron chi connectivity index (χ2n) is 8.77. The topological polar surface area (TPSA) is 41.6 Å². The molecule has 0 spiro atoms. The molecule has 1 N–H and O–H groups in total. The Morgan fingerprint density at radius 2 is 1.77 bits per heavy atom. The number of H-pyrrole nitrogens is 1. The van der Waals surface area contributed by atoms with Crippen molar-refractivity contribution in [3.05, 3.63) is 59.5 Å². The number of imidazole rings is 1. The summed E-state index contributed by atoms with van der Waals surface area (Å²) in [6.45, 7) is 11.1. The lowest BCUT2D eigenvalue weighted by Crippen LogP contribution is -2.21. The molecule has 0 aliphatic carbocycles. The second kappa shape index (κ2) is 5.92. The molecule has 2 aromatic heterocycles. The summed E-state index contributed by atoms with van der Waals surface area (Å²) >= 11 is 1.59. The first kappa shape index (κ1) is 17.2. The van der Waals surface area contributed by atoms with E-state index in [1.165, 1.54) is 21.3 Å². The van der Waals surface area contributed by atoms with Crippen LogP contribution in [0.4, 0.5) is 0 Å². The molecular formula is C22H25N3S. The average Bonchev–Trinajstić information content (AvgIpc) is 3.18. The second-order valence-corrected chi connectivity index (χ2v) is 9.58. The van der Waals surface area contributed by atoms with Crippen LogP contribution in [0, 0.1) is 0 Å². The fourth-order valence-corrected chi connectivity index (χ4v) is 4.42. The number of aromatic nitrogens is 3. The summed E-state index contributed by atoms with van der Waals surface area (Å²) in [6, 6.07) is 15.1. The number of benzene rings is 2. The molecule has 0 saturated heterocycles. The van der Waals surface area contributed by atoms with Crippen molar-refractivity contribution in [3.8, 4) is 0 Å². The van der Waals surface area contributed by atoms with Crippen LogP contribution in [0.15, 0.2) is 42.5 Å². The first-order valence-electron chi connectivity index (χ1n) is 9.08. The predicted octanol–water partition coefficient (Wildman–Crippen LogP) is 5.99. The van der Waals surface area contributed by atoms with Gasteiger partial charge in [0, 0.05) is 16.2 Å². The third-order valence-electron chi connectivity index (χ3n) is 4.92. The highest BCUT2D eigenvalue weighted by Gasteiger charge is 2.27. The Morgan fingerprint density at radius 3 is 2.54 bits per heavy atom. The van der Waals surface area contributed by atoms with Crippen LogP contribution in [0.25, 0.3) is 21.1 Å². The third-order valence-corrected chi connectivity index (χ3v) is 5.75. The standard InChI is InChI=1S/C22H25N3S/c1-21(2,3)20-23-16-11-10-14(12-17(16)24-20)13-22(4,5)19-15-8-6-7-9-18(15)26-25-19/h6-12H,13H2,1-5H3,(H,23,24). The quantitative estimate of drug-likeness (QED) is 0.486. The molecule has 0 bridgehead atoms. The van der Waals surface area contributed by atoms with Gasteiger partial charge >= 0.3 is 0 Å². The lowest BCUT2D eigenvalue weighted by molar-refractivity contribution is 0.515. The Bertz CT molecular complexity index is 1080. The van der Waals surface area contributed by atoms with Crippen LogP contribution in [0.2, 0.25) is 0 Å². The van der Waals surface area contributed by atoms with Gasteiger partial charge in [0.05, 0.1) is 21.4 Å². The number of fused-ring (bicyclic) bond motifs is 2.